The number of hydrogen-bond donors (Lipinski definition) is 2. The van der Waals surface area contributed by atoms with Gasteiger partial charge in [-0.25, -0.2) is 12.4 Å². The van der Waals surface area contributed by atoms with Gasteiger partial charge in [0.25, 0.3) is 10.0 Å². The first-order chi connectivity index (χ1) is 14.2. The molecule has 158 valence electrons. The highest BCUT2D eigenvalue weighted by molar-refractivity contribution is 7.90. The first-order valence-electron chi connectivity index (χ1n) is 8.94. The SMILES string of the molecule is COc1cc(-c2cc(B(O)O)cn2S(=O)(=O)c2ccc(C)cc2)cc(OC)c1OC. The molecule has 0 aliphatic rings. The number of hydrogen-bond acceptors (Lipinski definition) is 7. The van der Waals surface area contributed by atoms with Crippen LogP contribution in [0.1, 0.15) is 5.56 Å². The van der Waals surface area contributed by atoms with Crippen LogP contribution >= 0.6 is 0 Å². The van der Waals surface area contributed by atoms with Gasteiger partial charge in [-0.3, -0.25) is 0 Å². The first kappa shape index (κ1) is 21.8. The van der Waals surface area contributed by atoms with E-state index in [0.29, 0.717) is 22.8 Å². The van der Waals surface area contributed by atoms with E-state index in [9.17, 15) is 18.5 Å². The Labute approximate surface area is 175 Å². The van der Waals surface area contributed by atoms with Gasteiger partial charge in [0.05, 0.1) is 31.9 Å². The molecule has 0 saturated heterocycles. The number of aromatic nitrogens is 1. The Morgan fingerprint density at radius 1 is 0.900 bits per heavy atom. The van der Waals surface area contributed by atoms with Gasteiger partial charge in [-0.15, -0.1) is 0 Å². The van der Waals surface area contributed by atoms with Gasteiger partial charge in [0.2, 0.25) is 5.75 Å². The summed E-state index contributed by atoms with van der Waals surface area (Å²) in [6, 6.07) is 10.9. The lowest BCUT2D eigenvalue weighted by Gasteiger charge is -2.16. The van der Waals surface area contributed by atoms with Gasteiger partial charge in [0, 0.05) is 17.2 Å². The molecule has 10 heteroatoms. The maximum absolute atomic E-state index is 13.3. The molecule has 30 heavy (non-hydrogen) atoms. The maximum atomic E-state index is 13.3. The summed E-state index contributed by atoms with van der Waals surface area (Å²) in [7, 11) is -1.50. The van der Waals surface area contributed by atoms with Gasteiger partial charge in [-0.2, -0.15) is 0 Å². The van der Waals surface area contributed by atoms with Gasteiger partial charge >= 0.3 is 7.12 Å². The fourth-order valence-corrected chi connectivity index (χ4v) is 4.45. The number of aryl methyl sites for hydroxylation is 1. The average molecular weight is 431 g/mol. The third kappa shape index (κ3) is 3.89. The standard InChI is InChI=1S/C20H22BNO7S/c1-13-5-7-16(8-6-13)30(25,26)22-12-15(21(23)24)11-17(22)14-9-18(27-2)20(29-4)19(10-14)28-3/h5-12,23-24H,1-4H3. The predicted octanol–water partition coefficient (Wildman–Crippen LogP) is 1.41. The Morgan fingerprint density at radius 3 is 1.93 bits per heavy atom. The van der Waals surface area contributed by atoms with Crippen LogP contribution in [0, 0.1) is 6.92 Å². The summed E-state index contributed by atoms with van der Waals surface area (Å²) in [6.07, 6.45) is 1.18. The lowest BCUT2D eigenvalue weighted by atomic mass is 9.82. The average Bonchev–Trinajstić information content (AvgIpc) is 3.19. The summed E-state index contributed by atoms with van der Waals surface area (Å²) in [5.41, 5.74) is 1.57. The molecule has 0 saturated carbocycles. The van der Waals surface area contributed by atoms with Crippen LogP contribution in [0.3, 0.4) is 0 Å². The molecule has 1 aromatic heterocycles. The van der Waals surface area contributed by atoms with Gasteiger partial charge in [0.15, 0.2) is 11.5 Å². The van der Waals surface area contributed by atoms with Crippen LogP contribution in [0.4, 0.5) is 0 Å². The van der Waals surface area contributed by atoms with Gasteiger partial charge in [-0.1, -0.05) is 17.7 Å². The van der Waals surface area contributed by atoms with E-state index in [1.807, 2.05) is 6.92 Å². The van der Waals surface area contributed by atoms with Gasteiger partial charge in [0.1, 0.15) is 0 Å². The molecule has 0 bridgehead atoms. The summed E-state index contributed by atoms with van der Waals surface area (Å²) in [5, 5.41) is 19.3. The van der Waals surface area contributed by atoms with Crippen molar-refractivity contribution in [3.8, 4) is 28.5 Å². The van der Waals surface area contributed by atoms with Crippen molar-refractivity contribution in [2.75, 3.05) is 21.3 Å². The van der Waals surface area contributed by atoms with Crippen LogP contribution in [-0.4, -0.2) is 50.9 Å². The Hall–Kier alpha value is -2.95. The molecule has 0 amide bonds. The number of benzene rings is 2. The molecule has 0 fully saturated rings. The van der Waals surface area contributed by atoms with Crippen LogP contribution in [0.25, 0.3) is 11.3 Å². The Kier molecular flexibility index (Phi) is 6.11. The Bertz CT molecular complexity index is 1130. The molecule has 2 N–H and O–H groups in total. The molecular weight excluding hydrogens is 409 g/mol. The van der Waals surface area contributed by atoms with Crippen LogP contribution in [0.15, 0.2) is 53.6 Å². The number of ether oxygens (including phenoxy) is 3. The Balaban J connectivity index is 2.28. The highest BCUT2D eigenvalue weighted by Crippen LogP contribution is 2.41. The van der Waals surface area contributed by atoms with Crippen molar-refractivity contribution in [3.05, 3.63) is 54.2 Å². The minimum absolute atomic E-state index is 0.0226. The minimum Gasteiger partial charge on any atom is -0.493 e. The monoisotopic (exact) mass is 431 g/mol. The van der Waals surface area contributed by atoms with Crippen molar-refractivity contribution < 1.29 is 32.7 Å². The molecule has 0 aliphatic heterocycles. The Morgan fingerprint density at radius 2 is 1.47 bits per heavy atom. The zero-order valence-electron chi connectivity index (χ0n) is 17.0. The molecule has 0 aliphatic carbocycles. The molecule has 3 rings (SSSR count). The second-order valence-electron chi connectivity index (χ2n) is 6.56. The quantitative estimate of drug-likeness (QED) is 0.545. The summed E-state index contributed by atoms with van der Waals surface area (Å²) in [6.45, 7) is 1.85. The molecule has 0 spiro atoms. The summed E-state index contributed by atoms with van der Waals surface area (Å²) < 4.78 is 43.7. The molecule has 0 atom stereocenters. The van der Waals surface area contributed by atoms with Gasteiger partial charge in [-0.05, 0) is 37.3 Å². The largest absolute Gasteiger partial charge is 0.493 e. The smallest absolute Gasteiger partial charge is 0.490 e. The second kappa shape index (κ2) is 8.43. The van der Waals surface area contributed by atoms with Crippen molar-refractivity contribution in [1.29, 1.82) is 0 Å². The second-order valence-corrected chi connectivity index (χ2v) is 8.38. The van der Waals surface area contributed by atoms with Crippen LogP contribution in [0.2, 0.25) is 0 Å². The zero-order valence-corrected chi connectivity index (χ0v) is 17.8. The van der Waals surface area contributed by atoms with Crippen molar-refractivity contribution in [1.82, 2.24) is 3.97 Å². The highest BCUT2D eigenvalue weighted by Gasteiger charge is 2.26. The fourth-order valence-electron chi connectivity index (χ4n) is 3.07. The minimum atomic E-state index is -4.02. The summed E-state index contributed by atoms with van der Waals surface area (Å²) in [4.78, 5) is 0.0661. The van der Waals surface area contributed by atoms with Crippen LogP contribution < -0.4 is 19.7 Å². The van der Waals surface area contributed by atoms with E-state index < -0.39 is 17.1 Å². The number of nitrogens with zero attached hydrogens (tertiary/aromatic N) is 1. The maximum Gasteiger partial charge on any atom is 0.490 e. The zero-order chi connectivity index (χ0) is 22.1. The molecule has 8 nitrogen and oxygen atoms in total. The van der Waals surface area contributed by atoms with Crippen molar-refractivity contribution >= 4 is 22.6 Å². The van der Waals surface area contributed by atoms with E-state index in [2.05, 4.69) is 0 Å². The van der Waals surface area contributed by atoms with Crippen molar-refractivity contribution in [3.63, 3.8) is 0 Å². The normalized spacial score (nSPS) is 11.3. The third-order valence-corrected chi connectivity index (χ3v) is 6.33. The van der Waals surface area contributed by atoms with E-state index in [4.69, 9.17) is 14.2 Å². The number of methoxy groups -OCH3 is 3. The molecular formula is C20H22BNO7S. The lowest BCUT2D eigenvalue weighted by Crippen LogP contribution is -2.28. The highest BCUT2D eigenvalue weighted by atomic mass is 32.2. The van der Waals surface area contributed by atoms with Crippen molar-refractivity contribution in [2.45, 2.75) is 11.8 Å². The van der Waals surface area contributed by atoms with Crippen LogP contribution in [0.5, 0.6) is 17.2 Å². The molecule has 3 aromatic rings. The van der Waals surface area contributed by atoms with Gasteiger partial charge < -0.3 is 24.3 Å². The lowest BCUT2D eigenvalue weighted by molar-refractivity contribution is 0.324. The molecule has 2 aromatic carbocycles. The van der Waals surface area contributed by atoms with E-state index in [1.54, 1.807) is 24.3 Å². The van der Waals surface area contributed by atoms with E-state index in [-0.39, 0.29) is 16.1 Å². The summed E-state index contributed by atoms with van der Waals surface area (Å²) in [5.74, 6) is 1.02. The van der Waals surface area contributed by atoms with E-state index in [0.717, 1.165) is 9.54 Å². The van der Waals surface area contributed by atoms with E-state index in [1.165, 1.54) is 45.7 Å². The fraction of sp³-hybridized carbons (Fsp3) is 0.200. The topological polar surface area (TPSA) is 107 Å². The van der Waals surface area contributed by atoms with E-state index >= 15 is 0 Å². The summed E-state index contributed by atoms with van der Waals surface area (Å²) >= 11 is 0. The molecule has 0 unspecified atom stereocenters. The third-order valence-electron chi connectivity index (χ3n) is 4.64. The molecule has 1 heterocycles. The number of rotatable bonds is 7. The molecule has 0 radical (unpaired) electrons. The van der Waals surface area contributed by atoms with Crippen LogP contribution in [-0.2, 0) is 10.0 Å². The van der Waals surface area contributed by atoms with Crippen molar-refractivity contribution in [2.24, 2.45) is 0 Å². The predicted molar refractivity (Wildman–Crippen MR) is 113 cm³/mol. The first-order valence-corrected chi connectivity index (χ1v) is 10.4.